The molecule has 1 aliphatic carbocycles. The van der Waals surface area contributed by atoms with Gasteiger partial charge in [0.05, 0.1) is 29.1 Å². The fourth-order valence-corrected chi connectivity index (χ4v) is 3.45. The highest BCUT2D eigenvalue weighted by molar-refractivity contribution is 5.76. The van der Waals surface area contributed by atoms with Crippen LogP contribution in [0.5, 0.6) is 0 Å². The second-order valence-electron chi connectivity index (χ2n) is 6.48. The van der Waals surface area contributed by atoms with Crippen molar-refractivity contribution in [3.63, 3.8) is 0 Å². The summed E-state index contributed by atoms with van der Waals surface area (Å²) in [5.74, 6) is 1.56. The van der Waals surface area contributed by atoms with Gasteiger partial charge < -0.3 is 5.73 Å². The first-order valence-electron chi connectivity index (χ1n) is 8.26. The number of aromatic nitrogens is 4. The minimum atomic E-state index is 0.738. The monoisotopic (exact) mass is 307 g/mol. The van der Waals surface area contributed by atoms with Crippen LogP contribution < -0.4 is 5.73 Å². The van der Waals surface area contributed by atoms with Crippen molar-refractivity contribution in [2.45, 2.75) is 25.8 Å². The molecule has 1 fully saturated rings. The Balaban J connectivity index is 1.46. The van der Waals surface area contributed by atoms with Gasteiger partial charge >= 0.3 is 0 Å². The van der Waals surface area contributed by atoms with Crippen LogP contribution in [0.2, 0.25) is 0 Å². The molecule has 0 bridgehead atoms. The SMILES string of the molecule is NCCC1CC(Cn2cc(-c3cnc4ccccc4n3)cn2)C1. The van der Waals surface area contributed by atoms with Crippen molar-refractivity contribution in [3.8, 4) is 11.3 Å². The van der Waals surface area contributed by atoms with Crippen LogP contribution >= 0.6 is 0 Å². The number of hydrogen-bond donors (Lipinski definition) is 1. The summed E-state index contributed by atoms with van der Waals surface area (Å²) in [4.78, 5) is 9.15. The molecule has 0 atom stereocenters. The second kappa shape index (κ2) is 6.08. The Morgan fingerprint density at radius 1 is 1.09 bits per heavy atom. The molecule has 0 spiro atoms. The van der Waals surface area contributed by atoms with Gasteiger partial charge in [-0.25, -0.2) is 4.98 Å². The van der Waals surface area contributed by atoms with Crippen LogP contribution in [0.15, 0.2) is 42.9 Å². The summed E-state index contributed by atoms with van der Waals surface area (Å²) in [7, 11) is 0. The quantitative estimate of drug-likeness (QED) is 0.787. The lowest BCUT2D eigenvalue weighted by atomic mass is 9.73. The Morgan fingerprint density at radius 3 is 2.74 bits per heavy atom. The molecule has 1 saturated carbocycles. The number of fused-ring (bicyclic) bond motifs is 1. The van der Waals surface area contributed by atoms with Crippen LogP contribution in [0.4, 0.5) is 0 Å². The highest BCUT2D eigenvalue weighted by Crippen LogP contribution is 2.36. The minimum Gasteiger partial charge on any atom is -0.330 e. The Hall–Kier alpha value is -2.27. The van der Waals surface area contributed by atoms with E-state index in [9.17, 15) is 0 Å². The second-order valence-corrected chi connectivity index (χ2v) is 6.48. The standard InChI is InChI=1S/C18H21N5/c19-6-5-13-7-14(8-13)11-23-12-15(9-21-23)18-10-20-16-3-1-2-4-17(16)22-18/h1-4,9-10,12-14H,5-8,11,19H2. The molecule has 0 saturated heterocycles. The molecular weight excluding hydrogens is 286 g/mol. The van der Waals surface area contributed by atoms with E-state index in [0.29, 0.717) is 0 Å². The molecule has 3 aromatic rings. The van der Waals surface area contributed by atoms with E-state index < -0.39 is 0 Å². The smallest absolute Gasteiger partial charge is 0.0924 e. The molecule has 2 aromatic heterocycles. The fourth-order valence-electron chi connectivity index (χ4n) is 3.45. The van der Waals surface area contributed by atoms with Crippen molar-refractivity contribution < 1.29 is 0 Å². The Bertz CT molecular complexity index is 804. The number of nitrogens with zero attached hydrogens (tertiary/aromatic N) is 4. The molecular formula is C18H21N5. The van der Waals surface area contributed by atoms with E-state index in [4.69, 9.17) is 5.73 Å². The zero-order valence-electron chi connectivity index (χ0n) is 13.1. The summed E-state index contributed by atoms with van der Waals surface area (Å²) < 4.78 is 2.04. The van der Waals surface area contributed by atoms with E-state index in [2.05, 4.69) is 21.3 Å². The fraction of sp³-hybridized carbons (Fsp3) is 0.389. The van der Waals surface area contributed by atoms with Crippen molar-refractivity contribution in [2.75, 3.05) is 6.54 Å². The molecule has 2 heterocycles. The average Bonchev–Trinajstić information content (AvgIpc) is 3.01. The predicted octanol–water partition coefficient (Wildman–Crippen LogP) is 2.87. The zero-order chi connectivity index (χ0) is 15.6. The largest absolute Gasteiger partial charge is 0.330 e. The van der Waals surface area contributed by atoms with Crippen molar-refractivity contribution in [2.24, 2.45) is 17.6 Å². The third-order valence-corrected chi connectivity index (χ3v) is 4.73. The van der Waals surface area contributed by atoms with Crippen molar-refractivity contribution in [3.05, 3.63) is 42.9 Å². The maximum Gasteiger partial charge on any atom is 0.0924 e. The van der Waals surface area contributed by atoms with E-state index in [1.807, 2.05) is 41.3 Å². The lowest BCUT2D eigenvalue weighted by Gasteiger charge is -2.35. The third-order valence-electron chi connectivity index (χ3n) is 4.73. The highest BCUT2D eigenvalue weighted by Gasteiger charge is 2.28. The van der Waals surface area contributed by atoms with Gasteiger partial charge in [0.1, 0.15) is 0 Å². The third kappa shape index (κ3) is 2.97. The molecule has 1 aliphatic rings. The van der Waals surface area contributed by atoms with Gasteiger partial charge in [-0.05, 0) is 49.8 Å². The van der Waals surface area contributed by atoms with E-state index in [1.54, 1.807) is 0 Å². The topological polar surface area (TPSA) is 69.6 Å². The van der Waals surface area contributed by atoms with Gasteiger partial charge in [0, 0.05) is 18.3 Å². The Labute approximate surface area is 135 Å². The van der Waals surface area contributed by atoms with Gasteiger partial charge in [-0.15, -0.1) is 0 Å². The molecule has 0 radical (unpaired) electrons. The molecule has 0 aliphatic heterocycles. The Kier molecular flexibility index (Phi) is 3.79. The molecule has 4 rings (SSSR count). The minimum absolute atomic E-state index is 0.738. The maximum absolute atomic E-state index is 5.61. The highest BCUT2D eigenvalue weighted by atomic mass is 15.3. The summed E-state index contributed by atoms with van der Waals surface area (Å²) in [6.07, 6.45) is 9.51. The molecule has 1 aromatic carbocycles. The summed E-state index contributed by atoms with van der Waals surface area (Å²) in [6, 6.07) is 7.93. The van der Waals surface area contributed by atoms with Crippen LogP contribution in [-0.4, -0.2) is 26.3 Å². The van der Waals surface area contributed by atoms with Crippen LogP contribution in [-0.2, 0) is 6.54 Å². The van der Waals surface area contributed by atoms with Gasteiger partial charge in [0.15, 0.2) is 0 Å². The number of benzene rings is 1. The first kappa shape index (κ1) is 14.3. The van der Waals surface area contributed by atoms with Gasteiger partial charge in [0.25, 0.3) is 0 Å². The van der Waals surface area contributed by atoms with Gasteiger partial charge in [-0.2, -0.15) is 5.10 Å². The van der Waals surface area contributed by atoms with E-state index in [-0.39, 0.29) is 0 Å². The van der Waals surface area contributed by atoms with E-state index in [0.717, 1.165) is 53.6 Å². The molecule has 118 valence electrons. The summed E-state index contributed by atoms with van der Waals surface area (Å²) in [5.41, 5.74) is 9.36. The van der Waals surface area contributed by atoms with Gasteiger partial charge in [0.2, 0.25) is 0 Å². The molecule has 2 N–H and O–H groups in total. The average molecular weight is 307 g/mol. The van der Waals surface area contributed by atoms with Crippen LogP contribution in [0.3, 0.4) is 0 Å². The van der Waals surface area contributed by atoms with Crippen LogP contribution in [0.1, 0.15) is 19.3 Å². The van der Waals surface area contributed by atoms with E-state index in [1.165, 1.54) is 12.8 Å². The lowest BCUT2D eigenvalue weighted by molar-refractivity contribution is 0.159. The summed E-state index contributed by atoms with van der Waals surface area (Å²) in [5, 5.41) is 4.49. The molecule has 23 heavy (non-hydrogen) atoms. The van der Waals surface area contributed by atoms with E-state index >= 15 is 0 Å². The van der Waals surface area contributed by atoms with Crippen molar-refractivity contribution in [1.82, 2.24) is 19.7 Å². The molecule has 0 unspecified atom stereocenters. The first-order valence-corrected chi connectivity index (χ1v) is 8.26. The first-order chi connectivity index (χ1) is 11.3. The number of hydrogen-bond acceptors (Lipinski definition) is 4. The normalized spacial score (nSPS) is 20.6. The van der Waals surface area contributed by atoms with Crippen molar-refractivity contribution >= 4 is 11.0 Å². The van der Waals surface area contributed by atoms with Crippen LogP contribution in [0, 0.1) is 11.8 Å². The zero-order valence-corrected chi connectivity index (χ0v) is 13.1. The maximum atomic E-state index is 5.61. The number of nitrogens with two attached hydrogens (primary N) is 1. The summed E-state index contributed by atoms with van der Waals surface area (Å²) >= 11 is 0. The van der Waals surface area contributed by atoms with Gasteiger partial charge in [-0.1, -0.05) is 12.1 Å². The summed E-state index contributed by atoms with van der Waals surface area (Å²) in [6.45, 7) is 1.80. The molecule has 5 nitrogen and oxygen atoms in total. The predicted molar refractivity (Wildman–Crippen MR) is 90.6 cm³/mol. The van der Waals surface area contributed by atoms with Crippen molar-refractivity contribution in [1.29, 1.82) is 0 Å². The lowest BCUT2D eigenvalue weighted by Crippen LogP contribution is -2.29. The van der Waals surface area contributed by atoms with Gasteiger partial charge in [-0.3, -0.25) is 9.67 Å². The number of rotatable bonds is 5. The molecule has 5 heteroatoms. The van der Waals surface area contributed by atoms with Crippen LogP contribution in [0.25, 0.3) is 22.3 Å². The molecule has 0 amide bonds. The number of para-hydroxylation sites is 2. The Morgan fingerprint density at radius 2 is 1.91 bits per heavy atom.